The molecule has 1 N–H and O–H groups in total. The maximum Gasteiger partial charge on any atom is 0.0528 e. The van der Waals surface area contributed by atoms with Gasteiger partial charge in [0.2, 0.25) is 0 Å². The number of nitrogens with one attached hydrogen (secondary N) is 1. The molecule has 2 heteroatoms. The Morgan fingerprint density at radius 1 is 1.56 bits per heavy atom. The van der Waals surface area contributed by atoms with Crippen LogP contribution in [0.1, 0.15) is 13.8 Å². The molecule has 0 aromatic rings. The van der Waals surface area contributed by atoms with Crippen molar-refractivity contribution >= 4 is 0 Å². The van der Waals surface area contributed by atoms with Crippen LogP contribution in [0, 0.1) is 5.92 Å². The van der Waals surface area contributed by atoms with Crippen molar-refractivity contribution in [3.63, 3.8) is 0 Å². The molecule has 0 unspecified atom stereocenters. The van der Waals surface area contributed by atoms with Crippen molar-refractivity contribution in [1.29, 1.82) is 0 Å². The third kappa shape index (κ3) is 2.33. The molecule has 1 aliphatic rings. The molecule has 0 saturated carbocycles. The summed E-state index contributed by atoms with van der Waals surface area (Å²) in [6.07, 6.45) is 0. The molecule has 1 fully saturated rings. The maximum absolute atomic E-state index is 5.03. The lowest BCUT2D eigenvalue weighted by molar-refractivity contribution is -0.0313. The van der Waals surface area contributed by atoms with E-state index in [1.807, 2.05) is 0 Å². The van der Waals surface area contributed by atoms with Gasteiger partial charge in [0.1, 0.15) is 0 Å². The van der Waals surface area contributed by atoms with Gasteiger partial charge in [0.15, 0.2) is 0 Å². The van der Waals surface area contributed by atoms with Crippen LogP contribution in [0.15, 0.2) is 0 Å². The summed E-state index contributed by atoms with van der Waals surface area (Å²) in [5.41, 5.74) is 0. The fourth-order valence-electron chi connectivity index (χ4n) is 0.805. The summed E-state index contributed by atoms with van der Waals surface area (Å²) in [7, 11) is 0. The van der Waals surface area contributed by atoms with Crippen molar-refractivity contribution in [2.75, 3.05) is 19.8 Å². The molecule has 0 aromatic carbocycles. The van der Waals surface area contributed by atoms with Gasteiger partial charge >= 0.3 is 0 Å². The fourth-order valence-corrected chi connectivity index (χ4v) is 0.805. The lowest BCUT2D eigenvalue weighted by atomic mass is 10.1. The Morgan fingerprint density at radius 2 is 2.22 bits per heavy atom. The third-order valence-corrected chi connectivity index (χ3v) is 1.52. The summed E-state index contributed by atoms with van der Waals surface area (Å²) in [6.45, 7) is 7.37. The van der Waals surface area contributed by atoms with Gasteiger partial charge in [-0.2, -0.15) is 0 Å². The molecular formula is C7H15NO. The maximum atomic E-state index is 5.03. The number of hydrogen-bond donors (Lipinski definition) is 1. The SMILES string of the molecule is CC(C)NCC1COC1. The second-order valence-corrected chi connectivity index (χ2v) is 2.97. The van der Waals surface area contributed by atoms with Gasteiger partial charge in [-0.05, 0) is 0 Å². The molecule has 0 radical (unpaired) electrons. The zero-order valence-corrected chi connectivity index (χ0v) is 6.18. The van der Waals surface area contributed by atoms with E-state index in [0.717, 1.165) is 25.7 Å². The van der Waals surface area contributed by atoms with Crippen LogP contribution in [0.2, 0.25) is 0 Å². The first-order chi connectivity index (χ1) is 4.29. The third-order valence-electron chi connectivity index (χ3n) is 1.52. The molecule has 0 amide bonds. The minimum atomic E-state index is 0.616. The van der Waals surface area contributed by atoms with Crippen LogP contribution >= 0.6 is 0 Å². The van der Waals surface area contributed by atoms with Crippen LogP contribution in [0.3, 0.4) is 0 Å². The molecule has 0 aliphatic carbocycles. The normalized spacial score (nSPS) is 20.3. The molecule has 2 nitrogen and oxygen atoms in total. The lowest BCUT2D eigenvalue weighted by Gasteiger charge is -2.26. The summed E-state index contributed by atoms with van der Waals surface area (Å²) < 4.78 is 5.03. The standard InChI is InChI=1S/C7H15NO/c1-6(2)8-3-7-4-9-5-7/h6-8H,3-5H2,1-2H3. The van der Waals surface area contributed by atoms with Gasteiger partial charge in [0.05, 0.1) is 13.2 Å². The van der Waals surface area contributed by atoms with E-state index in [1.54, 1.807) is 0 Å². The summed E-state index contributed by atoms with van der Waals surface area (Å²) in [5.74, 6) is 0.785. The van der Waals surface area contributed by atoms with Crippen LogP contribution in [0.25, 0.3) is 0 Å². The zero-order chi connectivity index (χ0) is 6.69. The van der Waals surface area contributed by atoms with E-state index in [0.29, 0.717) is 6.04 Å². The van der Waals surface area contributed by atoms with E-state index in [2.05, 4.69) is 19.2 Å². The van der Waals surface area contributed by atoms with Crippen LogP contribution in [-0.4, -0.2) is 25.8 Å². The van der Waals surface area contributed by atoms with Gasteiger partial charge in [-0.25, -0.2) is 0 Å². The highest BCUT2D eigenvalue weighted by Gasteiger charge is 2.17. The smallest absolute Gasteiger partial charge is 0.0528 e. The van der Waals surface area contributed by atoms with Crippen molar-refractivity contribution in [2.45, 2.75) is 19.9 Å². The molecular weight excluding hydrogens is 114 g/mol. The van der Waals surface area contributed by atoms with E-state index >= 15 is 0 Å². The average molecular weight is 129 g/mol. The van der Waals surface area contributed by atoms with Crippen molar-refractivity contribution in [3.8, 4) is 0 Å². The van der Waals surface area contributed by atoms with Crippen molar-refractivity contribution in [1.82, 2.24) is 5.32 Å². The second kappa shape index (κ2) is 3.18. The summed E-state index contributed by atoms with van der Waals surface area (Å²) in [4.78, 5) is 0. The highest BCUT2D eigenvalue weighted by atomic mass is 16.5. The monoisotopic (exact) mass is 129 g/mol. The Balaban J connectivity index is 1.91. The summed E-state index contributed by atoms with van der Waals surface area (Å²) in [5, 5.41) is 3.37. The molecule has 9 heavy (non-hydrogen) atoms. The predicted molar refractivity (Wildman–Crippen MR) is 37.4 cm³/mol. The van der Waals surface area contributed by atoms with Gasteiger partial charge in [-0.15, -0.1) is 0 Å². The quantitative estimate of drug-likeness (QED) is 0.603. The van der Waals surface area contributed by atoms with E-state index < -0.39 is 0 Å². The number of ether oxygens (including phenoxy) is 1. The minimum Gasteiger partial charge on any atom is -0.381 e. The Bertz CT molecular complexity index is 79.0. The molecule has 54 valence electrons. The largest absolute Gasteiger partial charge is 0.381 e. The number of hydrogen-bond acceptors (Lipinski definition) is 2. The van der Waals surface area contributed by atoms with Gasteiger partial charge in [-0.1, -0.05) is 13.8 Å². The Kier molecular flexibility index (Phi) is 2.49. The first-order valence-electron chi connectivity index (χ1n) is 3.60. The Morgan fingerprint density at radius 3 is 2.56 bits per heavy atom. The molecule has 1 rings (SSSR count). The summed E-state index contributed by atoms with van der Waals surface area (Å²) in [6, 6.07) is 0.616. The minimum absolute atomic E-state index is 0.616. The molecule has 1 aliphatic heterocycles. The second-order valence-electron chi connectivity index (χ2n) is 2.97. The van der Waals surface area contributed by atoms with Gasteiger partial charge in [0.25, 0.3) is 0 Å². The molecule has 0 aromatic heterocycles. The average Bonchev–Trinajstić information content (AvgIpc) is 1.60. The lowest BCUT2D eigenvalue weighted by Crippen LogP contribution is -2.39. The highest BCUT2D eigenvalue weighted by Crippen LogP contribution is 2.07. The topological polar surface area (TPSA) is 21.3 Å². The van der Waals surface area contributed by atoms with Crippen molar-refractivity contribution < 1.29 is 4.74 Å². The Labute approximate surface area is 56.6 Å². The van der Waals surface area contributed by atoms with Crippen LogP contribution in [0.5, 0.6) is 0 Å². The fraction of sp³-hybridized carbons (Fsp3) is 1.00. The predicted octanol–water partition coefficient (Wildman–Crippen LogP) is 0.631. The molecule has 0 spiro atoms. The van der Waals surface area contributed by atoms with E-state index in [9.17, 15) is 0 Å². The highest BCUT2D eigenvalue weighted by molar-refractivity contribution is 4.68. The molecule has 1 heterocycles. The van der Waals surface area contributed by atoms with E-state index in [1.165, 1.54) is 0 Å². The summed E-state index contributed by atoms with van der Waals surface area (Å²) >= 11 is 0. The van der Waals surface area contributed by atoms with E-state index in [-0.39, 0.29) is 0 Å². The van der Waals surface area contributed by atoms with Crippen LogP contribution in [0.4, 0.5) is 0 Å². The molecule has 1 saturated heterocycles. The van der Waals surface area contributed by atoms with Gasteiger partial charge in [-0.3, -0.25) is 0 Å². The Hall–Kier alpha value is -0.0800. The van der Waals surface area contributed by atoms with E-state index in [4.69, 9.17) is 4.74 Å². The first kappa shape index (κ1) is 7.03. The van der Waals surface area contributed by atoms with Gasteiger partial charge < -0.3 is 10.1 Å². The molecule has 0 bridgehead atoms. The first-order valence-corrected chi connectivity index (χ1v) is 3.60. The number of rotatable bonds is 3. The van der Waals surface area contributed by atoms with Crippen molar-refractivity contribution in [2.24, 2.45) is 5.92 Å². The van der Waals surface area contributed by atoms with Crippen LogP contribution in [-0.2, 0) is 4.74 Å². The van der Waals surface area contributed by atoms with Gasteiger partial charge in [0, 0.05) is 18.5 Å². The zero-order valence-electron chi connectivity index (χ0n) is 6.18. The van der Waals surface area contributed by atoms with Crippen LogP contribution < -0.4 is 5.32 Å². The molecule has 0 atom stereocenters. The van der Waals surface area contributed by atoms with Crippen molar-refractivity contribution in [3.05, 3.63) is 0 Å².